The van der Waals surface area contributed by atoms with Gasteiger partial charge in [0.25, 0.3) is 0 Å². The topological polar surface area (TPSA) is 38.0 Å². The lowest BCUT2D eigenvalue weighted by atomic mass is 10.2. The fraction of sp³-hybridized carbons (Fsp3) is 0.700. The van der Waals surface area contributed by atoms with Gasteiger partial charge in [-0.05, 0) is 32.8 Å². The molecule has 3 heteroatoms. The lowest BCUT2D eigenvalue weighted by Gasteiger charge is -2.09. The van der Waals surface area contributed by atoms with Gasteiger partial charge in [-0.2, -0.15) is 5.10 Å². The van der Waals surface area contributed by atoms with E-state index in [1.165, 1.54) is 18.5 Å². The van der Waals surface area contributed by atoms with Crippen molar-refractivity contribution in [3.8, 4) is 0 Å². The minimum atomic E-state index is 0.0550. The number of nitrogens with zero attached hydrogens (tertiary/aromatic N) is 2. The quantitative estimate of drug-likeness (QED) is 0.770. The maximum absolute atomic E-state index is 8.98. The van der Waals surface area contributed by atoms with Crippen molar-refractivity contribution in [2.24, 2.45) is 0 Å². The molecule has 0 radical (unpaired) electrons. The van der Waals surface area contributed by atoms with E-state index in [2.05, 4.69) is 18.9 Å². The predicted octanol–water partition coefficient (Wildman–Crippen LogP) is 1.83. The molecule has 3 nitrogen and oxygen atoms in total. The number of hydrogen-bond acceptors (Lipinski definition) is 2. The first-order valence-corrected chi connectivity index (χ1v) is 4.91. The number of aliphatic hydroxyl groups excluding tert-OH is 1. The molecule has 1 aromatic rings. The highest BCUT2D eigenvalue weighted by Crippen LogP contribution is 2.41. The van der Waals surface area contributed by atoms with E-state index in [1.807, 2.05) is 10.7 Å². The third kappa shape index (κ3) is 1.61. The van der Waals surface area contributed by atoms with Gasteiger partial charge in [0.2, 0.25) is 0 Å². The van der Waals surface area contributed by atoms with Crippen molar-refractivity contribution < 1.29 is 5.11 Å². The average Bonchev–Trinajstić information content (AvgIpc) is 2.84. The molecule has 0 aromatic carbocycles. The summed E-state index contributed by atoms with van der Waals surface area (Å²) in [6.45, 7) is 4.31. The smallest absolute Gasteiger partial charge is 0.0882 e. The number of hydrogen-bond donors (Lipinski definition) is 1. The van der Waals surface area contributed by atoms with E-state index in [1.54, 1.807) is 0 Å². The van der Waals surface area contributed by atoms with Crippen molar-refractivity contribution in [1.82, 2.24) is 9.78 Å². The van der Waals surface area contributed by atoms with Crippen LogP contribution in [0.1, 0.15) is 50.0 Å². The molecular weight excluding hydrogens is 164 g/mol. The summed E-state index contributed by atoms with van der Waals surface area (Å²) < 4.78 is 2.04. The Kier molecular flexibility index (Phi) is 2.12. The van der Waals surface area contributed by atoms with E-state index < -0.39 is 0 Å². The van der Waals surface area contributed by atoms with Crippen molar-refractivity contribution >= 4 is 0 Å². The molecule has 1 aliphatic carbocycles. The lowest BCUT2D eigenvalue weighted by Crippen LogP contribution is -2.06. The maximum atomic E-state index is 8.98. The van der Waals surface area contributed by atoms with Gasteiger partial charge in [0.05, 0.1) is 12.3 Å². The minimum Gasteiger partial charge on any atom is -0.390 e. The molecule has 1 saturated carbocycles. The summed E-state index contributed by atoms with van der Waals surface area (Å²) >= 11 is 0. The van der Waals surface area contributed by atoms with Gasteiger partial charge < -0.3 is 5.11 Å². The van der Waals surface area contributed by atoms with Crippen LogP contribution in [0.5, 0.6) is 0 Å². The van der Waals surface area contributed by atoms with Crippen LogP contribution in [0.15, 0.2) is 6.07 Å². The molecule has 1 aromatic heterocycles. The zero-order valence-corrected chi connectivity index (χ0v) is 8.20. The summed E-state index contributed by atoms with van der Waals surface area (Å²) in [6.07, 6.45) is 2.56. The lowest BCUT2D eigenvalue weighted by molar-refractivity contribution is 0.274. The second-order valence-electron chi connectivity index (χ2n) is 4.03. The highest BCUT2D eigenvalue weighted by atomic mass is 16.3. The van der Waals surface area contributed by atoms with Crippen LogP contribution in [0, 0.1) is 0 Å². The van der Waals surface area contributed by atoms with E-state index in [4.69, 9.17) is 5.11 Å². The molecule has 1 N–H and O–H groups in total. The molecule has 0 atom stereocenters. The molecule has 1 fully saturated rings. The summed E-state index contributed by atoms with van der Waals surface area (Å²) in [5, 5.41) is 13.3. The van der Waals surface area contributed by atoms with E-state index in [0.717, 1.165) is 5.69 Å². The Morgan fingerprint density at radius 3 is 2.77 bits per heavy atom. The summed E-state index contributed by atoms with van der Waals surface area (Å²) in [6, 6.07) is 2.44. The Morgan fingerprint density at radius 1 is 1.62 bits per heavy atom. The van der Waals surface area contributed by atoms with Gasteiger partial charge >= 0.3 is 0 Å². The Morgan fingerprint density at radius 2 is 2.31 bits per heavy atom. The molecule has 0 saturated heterocycles. The van der Waals surface area contributed by atoms with Gasteiger partial charge in [-0.15, -0.1) is 0 Å². The fourth-order valence-corrected chi connectivity index (χ4v) is 1.64. The van der Waals surface area contributed by atoms with Crippen LogP contribution in [0.4, 0.5) is 0 Å². The van der Waals surface area contributed by atoms with Crippen molar-refractivity contribution in [2.75, 3.05) is 0 Å². The SMILES string of the molecule is CC(C)n1nc(CO)cc1C1CC1. The number of aliphatic hydroxyl groups is 1. The summed E-state index contributed by atoms with van der Waals surface area (Å²) in [7, 11) is 0. The van der Waals surface area contributed by atoms with Crippen LogP contribution in [0.2, 0.25) is 0 Å². The molecular formula is C10H16N2O. The molecule has 2 rings (SSSR count). The van der Waals surface area contributed by atoms with E-state index in [-0.39, 0.29) is 6.61 Å². The molecule has 72 valence electrons. The Bertz CT molecular complexity index is 280. The Balaban J connectivity index is 2.33. The second-order valence-corrected chi connectivity index (χ2v) is 4.03. The zero-order chi connectivity index (χ0) is 9.42. The van der Waals surface area contributed by atoms with Gasteiger partial charge in [0.15, 0.2) is 0 Å². The average molecular weight is 180 g/mol. The van der Waals surface area contributed by atoms with E-state index in [0.29, 0.717) is 12.0 Å². The van der Waals surface area contributed by atoms with Crippen LogP contribution in [0.25, 0.3) is 0 Å². The molecule has 0 bridgehead atoms. The highest BCUT2D eigenvalue weighted by molar-refractivity contribution is 5.19. The summed E-state index contributed by atoms with van der Waals surface area (Å²) in [5.41, 5.74) is 2.11. The number of rotatable bonds is 3. The van der Waals surface area contributed by atoms with Gasteiger partial charge in [0, 0.05) is 17.7 Å². The zero-order valence-electron chi connectivity index (χ0n) is 8.20. The molecule has 0 spiro atoms. The molecule has 0 unspecified atom stereocenters. The highest BCUT2D eigenvalue weighted by Gasteiger charge is 2.28. The molecule has 1 aliphatic rings. The fourth-order valence-electron chi connectivity index (χ4n) is 1.64. The summed E-state index contributed by atoms with van der Waals surface area (Å²) in [5.74, 6) is 0.704. The number of aromatic nitrogens is 2. The standard InChI is InChI=1S/C10H16N2O/c1-7(2)12-10(8-3-4-8)5-9(6-13)11-12/h5,7-8,13H,3-4,6H2,1-2H3. The van der Waals surface area contributed by atoms with E-state index >= 15 is 0 Å². The normalized spacial score (nSPS) is 16.9. The van der Waals surface area contributed by atoms with Crippen LogP contribution in [-0.2, 0) is 6.61 Å². The Labute approximate surface area is 78.4 Å². The van der Waals surface area contributed by atoms with E-state index in [9.17, 15) is 0 Å². The van der Waals surface area contributed by atoms with Crippen molar-refractivity contribution in [2.45, 2.75) is 45.3 Å². The molecule has 1 heterocycles. The van der Waals surface area contributed by atoms with Gasteiger partial charge in [-0.1, -0.05) is 0 Å². The maximum Gasteiger partial charge on any atom is 0.0882 e. The monoisotopic (exact) mass is 180 g/mol. The molecule has 0 amide bonds. The van der Waals surface area contributed by atoms with Gasteiger partial charge in [-0.3, -0.25) is 4.68 Å². The second kappa shape index (κ2) is 3.14. The minimum absolute atomic E-state index is 0.0550. The Hall–Kier alpha value is -0.830. The first kappa shape index (κ1) is 8.75. The largest absolute Gasteiger partial charge is 0.390 e. The van der Waals surface area contributed by atoms with Crippen LogP contribution >= 0.6 is 0 Å². The van der Waals surface area contributed by atoms with Crippen molar-refractivity contribution in [3.63, 3.8) is 0 Å². The van der Waals surface area contributed by atoms with Crippen LogP contribution in [0.3, 0.4) is 0 Å². The molecule has 13 heavy (non-hydrogen) atoms. The van der Waals surface area contributed by atoms with Gasteiger partial charge in [-0.25, -0.2) is 0 Å². The van der Waals surface area contributed by atoms with Crippen LogP contribution < -0.4 is 0 Å². The van der Waals surface area contributed by atoms with Crippen LogP contribution in [-0.4, -0.2) is 14.9 Å². The first-order valence-electron chi connectivity index (χ1n) is 4.91. The van der Waals surface area contributed by atoms with Crippen molar-refractivity contribution in [3.05, 3.63) is 17.5 Å². The van der Waals surface area contributed by atoms with Gasteiger partial charge in [0.1, 0.15) is 0 Å². The predicted molar refractivity (Wildman–Crippen MR) is 50.5 cm³/mol. The molecule has 0 aliphatic heterocycles. The first-order chi connectivity index (χ1) is 6.22. The third-order valence-corrected chi connectivity index (χ3v) is 2.46. The summed E-state index contributed by atoms with van der Waals surface area (Å²) in [4.78, 5) is 0. The third-order valence-electron chi connectivity index (χ3n) is 2.46. The van der Waals surface area contributed by atoms with Crippen molar-refractivity contribution in [1.29, 1.82) is 0 Å².